The Hall–Kier alpha value is -4.95. The van der Waals surface area contributed by atoms with E-state index in [1.165, 1.54) is 13.8 Å². The first kappa shape index (κ1) is 40.8. The summed E-state index contributed by atoms with van der Waals surface area (Å²) in [6.45, 7) is 4.32. The highest BCUT2D eigenvalue weighted by Crippen LogP contribution is 2.37. The first-order valence-corrected chi connectivity index (χ1v) is 15.8. The number of carbonyl (C=O) groups excluding carboxylic acids is 2. The van der Waals surface area contributed by atoms with Crippen molar-refractivity contribution in [3.63, 3.8) is 0 Å². The molecular weight excluding hydrogens is 728 g/mol. The molecule has 0 atom stereocenters. The summed E-state index contributed by atoms with van der Waals surface area (Å²) in [6.07, 6.45) is -10.6. The molecule has 0 radical (unpaired) electrons. The Kier molecular flexibility index (Phi) is 12.6. The van der Waals surface area contributed by atoms with Gasteiger partial charge < -0.3 is 19.9 Å². The number of halogens is 8. The molecule has 0 aliphatic carbocycles. The van der Waals surface area contributed by atoms with Crippen molar-refractivity contribution in [2.75, 3.05) is 51.8 Å². The predicted molar refractivity (Wildman–Crippen MR) is 170 cm³/mol. The lowest BCUT2D eigenvalue weighted by molar-refractivity contribution is -0.173. The molecule has 12 nitrogen and oxygen atoms in total. The minimum Gasteiger partial charge on any atom is -0.489 e. The Labute approximate surface area is 297 Å². The molecule has 2 N–H and O–H groups in total. The number of hydrogen-bond acceptors (Lipinski definition) is 9. The maximum absolute atomic E-state index is 15.4. The minimum absolute atomic E-state index is 0.0202. The topological polar surface area (TPSA) is 137 Å². The predicted octanol–water partition coefficient (Wildman–Crippen LogP) is 5.24. The Bertz CT molecular complexity index is 1820. The summed E-state index contributed by atoms with van der Waals surface area (Å²) in [5.74, 6) is -7.05. The molecule has 288 valence electrons. The average molecular weight is 763 g/mol. The zero-order valence-electron chi connectivity index (χ0n) is 28.4. The number of nitrogens with zero attached hydrogens (tertiary/aromatic N) is 5. The summed E-state index contributed by atoms with van der Waals surface area (Å²) >= 11 is 0. The molecule has 0 unspecified atom stereocenters. The van der Waals surface area contributed by atoms with Gasteiger partial charge >= 0.3 is 18.3 Å². The molecule has 0 saturated carbocycles. The van der Waals surface area contributed by atoms with Crippen LogP contribution >= 0.6 is 0 Å². The van der Waals surface area contributed by atoms with Gasteiger partial charge in [-0.25, -0.2) is 19.4 Å². The molecular formula is C33H34F8N6O6. The second-order valence-corrected chi connectivity index (χ2v) is 12.3. The minimum atomic E-state index is -4.99. The molecule has 1 saturated heterocycles. The molecule has 1 aliphatic rings. The third kappa shape index (κ3) is 10.1. The number of anilines is 1. The van der Waals surface area contributed by atoms with Gasteiger partial charge in [0.15, 0.2) is 11.6 Å². The van der Waals surface area contributed by atoms with Gasteiger partial charge in [-0.3, -0.25) is 24.3 Å². The molecule has 2 aromatic carbocycles. The lowest BCUT2D eigenvalue weighted by Crippen LogP contribution is -2.58. The Morgan fingerprint density at radius 3 is 2.26 bits per heavy atom. The summed E-state index contributed by atoms with van der Waals surface area (Å²) < 4.78 is 122. The number of hydrazine groups is 1. The van der Waals surface area contributed by atoms with Crippen LogP contribution in [0.3, 0.4) is 0 Å². The van der Waals surface area contributed by atoms with E-state index in [1.54, 1.807) is 0 Å². The van der Waals surface area contributed by atoms with E-state index in [4.69, 9.17) is 9.47 Å². The molecule has 0 spiro atoms. The first-order valence-electron chi connectivity index (χ1n) is 15.8. The van der Waals surface area contributed by atoms with E-state index in [0.29, 0.717) is 62.4 Å². The van der Waals surface area contributed by atoms with E-state index in [9.17, 15) is 45.8 Å². The number of amides is 2. The average Bonchev–Trinajstić information content (AvgIpc) is 3.09. The van der Waals surface area contributed by atoms with E-state index in [1.807, 2.05) is 4.90 Å². The number of carbonyl (C=O) groups is 3. The highest BCUT2D eigenvalue weighted by Gasteiger charge is 2.39. The smallest absolute Gasteiger partial charge is 0.433 e. The molecule has 1 aliphatic heterocycles. The van der Waals surface area contributed by atoms with Crippen LogP contribution in [0, 0.1) is 11.6 Å². The van der Waals surface area contributed by atoms with Gasteiger partial charge in [0.25, 0.3) is 0 Å². The third-order valence-corrected chi connectivity index (χ3v) is 8.36. The quantitative estimate of drug-likeness (QED) is 0.135. The van der Waals surface area contributed by atoms with Crippen LogP contribution in [0.4, 0.5) is 40.8 Å². The van der Waals surface area contributed by atoms with Crippen molar-refractivity contribution in [3.05, 3.63) is 71.2 Å². The van der Waals surface area contributed by atoms with Crippen LogP contribution in [0.25, 0.3) is 11.3 Å². The van der Waals surface area contributed by atoms with Crippen LogP contribution < -0.4 is 10.1 Å². The van der Waals surface area contributed by atoms with Crippen molar-refractivity contribution in [1.29, 1.82) is 0 Å². The normalized spacial score (nSPS) is 14.3. The molecule has 4 rings (SSSR count). The number of rotatable bonds is 13. The lowest BCUT2D eigenvalue weighted by atomic mass is 10.0. The first-order chi connectivity index (χ1) is 24.7. The second-order valence-electron chi connectivity index (χ2n) is 12.3. The molecule has 1 aromatic heterocycles. The number of carboxylic acid groups (broad SMARTS) is 1. The van der Waals surface area contributed by atoms with Crippen LogP contribution in [-0.4, -0.2) is 99.8 Å². The van der Waals surface area contributed by atoms with Crippen molar-refractivity contribution in [2.24, 2.45) is 0 Å². The third-order valence-electron chi connectivity index (χ3n) is 8.36. The number of alkyl halides is 6. The fourth-order valence-electron chi connectivity index (χ4n) is 5.00. The van der Waals surface area contributed by atoms with Crippen LogP contribution in [0.5, 0.6) is 5.75 Å². The van der Waals surface area contributed by atoms with E-state index >= 15 is 8.78 Å². The fraction of sp³-hybridized carbons (Fsp3) is 0.424. The number of carboxylic acids is 1. The van der Waals surface area contributed by atoms with Gasteiger partial charge in [-0.2, -0.15) is 30.7 Å². The highest BCUT2D eigenvalue weighted by molar-refractivity contribution is 6.05. The molecule has 2 amide bonds. The molecule has 53 heavy (non-hydrogen) atoms. The number of morpholine rings is 1. The summed E-state index contributed by atoms with van der Waals surface area (Å²) in [5, 5.41) is 13.5. The van der Waals surface area contributed by atoms with Gasteiger partial charge in [-0.15, -0.1) is 0 Å². The van der Waals surface area contributed by atoms with Gasteiger partial charge in [0.1, 0.15) is 30.6 Å². The van der Waals surface area contributed by atoms with E-state index in [0.717, 1.165) is 30.3 Å². The van der Waals surface area contributed by atoms with Crippen LogP contribution in [0.15, 0.2) is 42.7 Å². The van der Waals surface area contributed by atoms with Crippen LogP contribution in [0.1, 0.15) is 37.1 Å². The van der Waals surface area contributed by atoms with Gasteiger partial charge in [0, 0.05) is 37.8 Å². The summed E-state index contributed by atoms with van der Waals surface area (Å²) in [7, 11) is 1.14. The monoisotopic (exact) mass is 762 g/mol. The van der Waals surface area contributed by atoms with E-state index in [2.05, 4.69) is 15.3 Å². The number of aliphatic carboxylic acids is 1. The number of ether oxygens (including phenoxy) is 2. The maximum Gasteiger partial charge on any atom is 0.433 e. The Balaban J connectivity index is 1.59. The molecule has 0 bridgehead atoms. The van der Waals surface area contributed by atoms with E-state index in [-0.39, 0.29) is 6.61 Å². The Morgan fingerprint density at radius 1 is 0.962 bits per heavy atom. The van der Waals surface area contributed by atoms with E-state index < -0.39 is 99.8 Å². The molecule has 1 fully saturated rings. The number of benzene rings is 2. The number of hydrogen-bond donors (Lipinski definition) is 2. The Morgan fingerprint density at radius 2 is 1.64 bits per heavy atom. The van der Waals surface area contributed by atoms with Crippen LogP contribution in [-0.2, 0) is 38.0 Å². The summed E-state index contributed by atoms with van der Waals surface area (Å²) in [6, 6.07) is 4.33. The second kappa shape index (κ2) is 16.4. The SMILES string of the molecule is CN(N(Cc1ccc(OCCN2CCOCC2)c(F)c1F)C(=O)CC(=O)Nc1ccc(C(F)(F)F)cc1-c1cc(C(F)(F)F)ncn1)C(C)(C)C(=O)O. The van der Waals surface area contributed by atoms with Crippen molar-refractivity contribution < 1.29 is 64.1 Å². The molecule has 20 heteroatoms. The van der Waals surface area contributed by atoms with Crippen molar-refractivity contribution >= 4 is 23.5 Å². The molecule has 3 aromatic rings. The zero-order chi connectivity index (χ0) is 39.3. The maximum atomic E-state index is 15.4. The van der Waals surface area contributed by atoms with Gasteiger partial charge in [-0.1, -0.05) is 6.07 Å². The van der Waals surface area contributed by atoms with Gasteiger partial charge in [0.05, 0.1) is 36.7 Å². The standard InChI is InChI=1S/C33H34F8N6O6/c1-31(2,30(50)51)45(3)47(17-19-4-7-24(29(35)28(19)34)53-13-10-46-8-11-52-12-9-46)27(49)16-26(48)44-22-6-5-20(32(36,37)38)14-21(22)23-15-25(33(39,40)41)43-18-42-23/h4-7,14-15,18H,8-13,16-17H2,1-3H3,(H,44,48)(H,50,51). The number of aromatic nitrogens is 2. The van der Waals surface area contributed by atoms with Crippen molar-refractivity contribution in [1.82, 2.24) is 24.9 Å². The highest BCUT2D eigenvalue weighted by atomic mass is 19.4. The molecule has 2 heterocycles. The largest absolute Gasteiger partial charge is 0.489 e. The van der Waals surface area contributed by atoms with Gasteiger partial charge in [-0.05, 0) is 44.2 Å². The van der Waals surface area contributed by atoms with Crippen LogP contribution in [0.2, 0.25) is 0 Å². The summed E-state index contributed by atoms with van der Waals surface area (Å²) in [5.41, 5.74) is -6.78. The fourth-order valence-corrected chi connectivity index (χ4v) is 5.00. The summed E-state index contributed by atoms with van der Waals surface area (Å²) in [4.78, 5) is 47.5. The zero-order valence-corrected chi connectivity index (χ0v) is 28.4. The number of nitrogens with one attached hydrogen (secondary N) is 1. The number of likely N-dealkylation sites (N-methyl/N-ethyl adjacent to an activating group) is 1. The van der Waals surface area contributed by atoms with Gasteiger partial charge in [0.2, 0.25) is 17.6 Å². The van der Waals surface area contributed by atoms with Crippen molar-refractivity contribution in [2.45, 2.75) is 44.7 Å². The lowest BCUT2D eigenvalue weighted by Gasteiger charge is -2.40. The van der Waals surface area contributed by atoms with Crippen molar-refractivity contribution in [3.8, 4) is 17.0 Å².